The van der Waals surface area contributed by atoms with Crippen LogP contribution in [0.2, 0.25) is 0 Å². The Hall–Kier alpha value is -0.410. The van der Waals surface area contributed by atoms with Gasteiger partial charge in [-0.05, 0) is 84.8 Å². The second-order valence-electron chi connectivity index (χ2n) is 6.51. The minimum Gasteiger partial charge on any atom is -0.242 e. The summed E-state index contributed by atoms with van der Waals surface area (Å²) in [6.45, 7) is 9.02. The van der Waals surface area contributed by atoms with Gasteiger partial charge in [0.2, 0.25) is 0 Å². The number of alkyl halides is 1. The fourth-order valence-electron chi connectivity index (χ4n) is 4.26. The quantitative estimate of drug-likeness (QED) is 0.576. The van der Waals surface area contributed by atoms with E-state index >= 15 is 0 Å². The van der Waals surface area contributed by atoms with Gasteiger partial charge in [0, 0.05) is 0 Å². The molecular weight excluding hydrogens is 287 g/mol. The monoisotopic (exact) mass is 306 g/mol. The van der Waals surface area contributed by atoms with Gasteiger partial charge in [-0.3, -0.25) is 0 Å². The van der Waals surface area contributed by atoms with Gasteiger partial charge in [-0.15, -0.1) is 23.5 Å². The molecule has 0 aromatic carbocycles. The van der Waals surface area contributed by atoms with Crippen LogP contribution < -0.4 is 0 Å². The predicted molar refractivity (Wildman–Crippen MR) is 87.7 cm³/mol. The highest BCUT2D eigenvalue weighted by atomic mass is 32.2. The van der Waals surface area contributed by atoms with Crippen molar-refractivity contribution in [1.82, 2.24) is 0 Å². The van der Waals surface area contributed by atoms with E-state index in [4.69, 9.17) is 0 Å². The Morgan fingerprint density at radius 1 is 1.05 bits per heavy atom. The van der Waals surface area contributed by atoms with Crippen LogP contribution in [0, 0.1) is 0 Å². The predicted octanol–water partition coefficient (Wildman–Crippen LogP) is 5.54. The molecular formula is C17H19FS2. The normalized spacial score (nSPS) is 42.5. The number of rotatable bonds is 0. The molecule has 0 spiro atoms. The minimum absolute atomic E-state index is 0.0289. The molecule has 0 N–H and O–H groups in total. The molecule has 2 aliphatic carbocycles. The highest BCUT2D eigenvalue weighted by Gasteiger charge is 2.59. The molecule has 2 heterocycles. The van der Waals surface area contributed by atoms with Crippen LogP contribution in [0.15, 0.2) is 44.3 Å². The van der Waals surface area contributed by atoms with Crippen molar-refractivity contribution in [1.29, 1.82) is 0 Å². The molecule has 20 heavy (non-hydrogen) atoms. The van der Waals surface area contributed by atoms with Gasteiger partial charge < -0.3 is 0 Å². The van der Waals surface area contributed by atoms with Gasteiger partial charge >= 0.3 is 0 Å². The number of allylic oxidation sites excluding steroid dienone is 6. The van der Waals surface area contributed by atoms with Crippen LogP contribution >= 0.6 is 23.5 Å². The summed E-state index contributed by atoms with van der Waals surface area (Å²) < 4.78 is 14.5. The zero-order valence-corrected chi connectivity index (χ0v) is 14.0. The maximum Gasteiger partial charge on any atom is 0.126 e. The minimum atomic E-state index is -0.765. The molecule has 3 unspecified atom stereocenters. The van der Waals surface area contributed by atoms with E-state index in [2.05, 4.69) is 39.8 Å². The van der Waals surface area contributed by atoms with Crippen molar-refractivity contribution < 1.29 is 4.39 Å². The topological polar surface area (TPSA) is 0 Å². The summed E-state index contributed by atoms with van der Waals surface area (Å²) in [6.07, 6.45) is 5.36. The van der Waals surface area contributed by atoms with E-state index in [9.17, 15) is 4.39 Å². The molecule has 1 saturated carbocycles. The standard InChI is InChI=1S/C17H19FS2/c1-9-7-12-11-5-6-14(18)15(11)13-8-10(2)20-17(13,4)16(12,3)19-9/h7-8,14H,5-6H2,1-4H3. The maximum absolute atomic E-state index is 14.5. The van der Waals surface area contributed by atoms with E-state index in [0.29, 0.717) is 6.42 Å². The molecule has 3 heteroatoms. The lowest BCUT2D eigenvalue weighted by atomic mass is 9.72. The summed E-state index contributed by atoms with van der Waals surface area (Å²) in [7, 11) is 0. The van der Waals surface area contributed by atoms with Crippen molar-refractivity contribution in [2.75, 3.05) is 0 Å². The Bertz CT molecular complexity index is 652. The Labute approximate surface area is 128 Å². The van der Waals surface area contributed by atoms with E-state index in [1.54, 1.807) is 0 Å². The number of halogens is 1. The summed E-state index contributed by atoms with van der Waals surface area (Å²) in [5.41, 5.74) is 5.00. The summed E-state index contributed by atoms with van der Waals surface area (Å²) in [5, 5.41) is 0. The first kappa shape index (κ1) is 13.3. The Morgan fingerprint density at radius 3 is 2.25 bits per heavy atom. The Kier molecular flexibility index (Phi) is 2.56. The fraction of sp³-hybridized carbons (Fsp3) is 0.529. The van der Waals surface area contributed by atoms with Crippen LogP contribution in [0.5, 0.6) is 0 Å². The zero-order chi connectivity index (χ0) is 14.3. The summed E-state index contributed by atoms with van der Waals surface area (Å²) in [4.78, 5) is 2.69. The number of hydrogen-bond acceptors (Lipinski definition) is 2. The zero-order valence-electron chi connectivity index (χ0n) is 12.3. The largest absolute Gasteiger partial charge is 0.242 e. The van der Waals surface area contributed by atoms with Crippen molar-refractivity contribution in [3.8, 4) is 0 Å². The second kappa shape index (κ2) is 3.86. The molecule has 1 fully saturated rings. The SMILES string of the molecule is CC1=CC2=C3CCC(F)C3=C3C=C(C)SC3(C)C2(C)S1. The lowest BCUT2D eigenvalue weighted by Gasteiger charge is -2.47. The highest BCUT2D eigenvalue weighted by Crippen LogP contribution is 2.68. The molecule has 0 bridgehead atoms. The third kappa shape index (κ3) is 1.36. The molecule has 0 nitrogen and oxygen atoms in total. The molecule has 106 valence electrons. The third-order valence-electron chi connectivity index (χ3n) is 5.27. The molecule has 2 aliphatic heterocycles. The Morgan fingerprint density at radius 2 is 1.60 bits per heavy atom. The molecule has 4 aliphatic rings. The van der Waals surface area contributed by atoms with Crippen molar-refractivity contribution >= 4 is 23.5 Å². The maximum atomic E-state index is 14.5. The number of thioether (sulfide) groups is 2. The van der Waals surface area contributed by atoms with E-state index in [1.807, 2.05) is 23.5 Å². The van der Waals surface area contributed by atoms with E-state index in [1.165, 1.54) is 26.5 Å². The average Bonchev–Trinajstić information content (AvgIpc) is 2.95. The van der Waals surface area contributed by atoms with Crippen LogP contribution in [-0.4, -0.2) is 15.7 Å². The van der Waals surface area contributed by atoms with E-state index in [-0.39, 0.29) is 9.49 Å². The third-order valence-corrected chi connectivity index (χ3v) is 8.35. The van der Waals surface area contributed by atoms with Crippen LogP contribution in [-0.2, 0) is 0 Å². The number of hydrogen-bond donors (Lipinski definition) is 0. The summed E-state index contributed by atoms with van der Waals surface area (Å²) in [6, 6.07) is 0. The molecule has 0 aromatic heterocycles. The summed E-state index contributed by atoms with van der Waals surface area (Å²) in [5.74, 6) is 0. The smallest absolute Gasteiger partial charge is 0.126 e. The molecule has 0 aromatic rings. The van der Waals surface area contributed by atoms with Gasteiger partial charge in [-0.25, -0.2) is 4.39 Å². The summed E-state index contributed by atoms with van der Waals surface area (Å²) >= 11 is 3.90. The van der Waals surface area contributed by atoms with Gasteiger partial charge in [-0.1, -0.05) is 0 Å². The molecule has 0 saturated heterocycles. The van der Waals surface area contributed by atoms with Gasteiger partial charge in [0.05, 0.1) is 9.49 Å². The van der Waals surface area contributed by atoms with Crippen molar-refractivity contribution in [3.05, 3.63) is 44.3 Å². The van der Waals surface area contributed by atoms with Crippen LogP contribution in [0.25, 0.3) is 0 Å². The molecule has 3 atom stereocenters. The van der Waals surface area contributed by atoms with Crippen molar-refractivity contribution in [2.45, 2.75) is 56.2 Å². The molecule has 0 radical (unpaired) electrons. The van der Waals surface area contributed by atoms with Crippen LogP contribution in [0.4, 0.5) is 4.39 Å². The Balaban J connectivity index is 2.06. The van der Waals surface area contributed by atoms with Gasteiger partial charge in [0.25, 0.3) is 0 Å². The van der Waals surface area contributed by atoms with Crippen LogP contribution in [0.3, 0.4) is 0 Å². The van der Waals surface area contributed by atoms with Crippen molar-refractivity contribution in [2.24, 2.45) is 0 Å². The second-order valence-corrected chi connectivity index (χ2v) is 9.84. The highest BCUT2D eigenvalue weighted by molar-refractivity contribution is 8.09. The lowest BCUT2D eigenvalue weighted by Crippen LogP contribution is -2.47. The molecule has 4 rings (SSSR count). The van der Waals surface area contributed by atoms with Gasteiger partial charge in [0.15, 0.2) is 0 Å². The first-order valence-electron chi connectivity index (χ1n) is 7.24. The first-order valence-corrected chi connectivity index (χ1v) is 8.87. The fourth-order valence-corrected chi connectivity index (χ4v) is 7.34. The van der Waals surface area contributed by atoms with Crippen LogP contribution in [0.1, 0.15) is 40.5 Å². The van der Waals surface area contributed by atoms with Gasteiger partial charge in [0.1, 0.15) is 6.17 Å². The van der Waals surface area contributed by atoms with Crippen molar-refractivity contribution in [3.63, 3.8) is 0 Å². The first-order chi connectivity index (χ1) is 9.37. The molecule has 0 amide bonds. The van der Waals surface area contributed by atoms with E-state index < -0.39 is 6.17 Å². The van der Waals surface area contributed by atoms with E-state index in [0.717, 1.165) is 12.0 Å². The number of fused-ring (bicyclic) bond motifs is 4. The average molecular weight is 306 g/mol. The lowest BCUT2D eigenvalue weighted by molar-refractivity contribution is 0.386. The van der Waals surface area contributed by atoms with Gasteiger partial charge in [-0.2, -0.15) is 0 Å².